The molecule has 1 N–H and O–H groups in total. The van der Waals surface area contributed by atoms with Crippen LogP contribution in [0.15, 0.2) is 48.8 Å². The third-order valence-electron chi connectivity index (χ3n) is 3.17. The summed E-state index contributed by atoms with van der Waals surface area (Å²) in [5.41, 5.74) is 5.45. The maximum atomic E-state index is 4.46. The Bertz CT molecular complexity index is 713. The van der Waals surface area contributed by atoms with Crippen LogP contribution in [0.4, 0.5) is 0 Å². The fourth-order valence-electron chi connectivity index (χ4n) is 2.15. The summed E-state index contributed by atoms with van der Waals surface area (Å²) >= 11 is 0. The maximum Gasteiger partial charge on any atom is 0.139 e. The number of hydrogen-bond acceptors (Lipinski definition) is 2. The molecule has 3 nitrogen and oxygen atoms in total. The van der Waals surface area contributed by atoms with Crippen LogP contribution in [0.3, 0.4) is 0 Å². The highest BCUT2D eigenvalue weighted by Crippen LogP contribution is 2.23. The molecule has 3 heteroatoms. The minimum absolute atomic E-state index is 0.863. The number of nitrogens with zero attached hydrogens (tertiary/aromatic N) is 2. The number of H-pyrrole nitrogens is 1. The number of nitrogens with one attached hydrogen (secondary N) is 1. The molecular weight excluding hydrogens is 234 g/mol. The van der Waals surface area contributed by atoms with Crippen LogP contribution >= 0.6 is 0 Å². The number of imidazole rings is 1. The van der Waals surface area contributed by atoms with Crippen LogP contribution in [0.25, 0.3) is 22.6 Å². The molecule has 3 aromatic rings. The maximum absolute atomic E-state index is 4.46. The van der Waals surface area contributed by atoms with Crippen LogP contribution in [0.1, 0.15) is 11.3 Å². The van der Waals surface area contributed by atoms with E-state index in [1.807, 2.05) is 25.3 Å². The van der Waals surface area contributed by atoms with Crippen LogP contribution in [0.5, 0.6) is 0 Å². The van der Waals surface area contributed by atoms with Crippen LogP contribution in [-0.2, 0) is 0 Å². The number of aryl methyl sites for hydroxylation is 2. The minimum Gasteiger partial charge on any atom is -0.338 e. The van der Waals surface area contributed by atoms with E-state index in [0.29, 0.717) is 0 Å². The Hall–Kier alpha value is -2.42. The minimum atomic E-state index is 0.863. The van der Waals surface area contributed by atoms with E-state index in [1.54, 1.807) is 6.20 Å². The molecule has 94 valence electrons. The molecule has 0 aliphatic carbocycles. The molecule has 0 bridgehead atoms. The Balaban J connectivity index is 2.03. The van der Waals surface area contributed by atoms with Crippen molar-refractivity contribution in [1.29, 1.82) is 0 Å². The Morgan fingerprint density at radius 2 is 1.89 bits per heavy atom. The Labute approximate surface area is 112 Å². The van der Waals surface area contributed by atoms with Crippen molar-refractivity contribution in [3.8, 4) is 22.6 Å². The summed E-state index contributed by atoms with van der Waals surface area (Å²) in [6.45, 7) is 4.08. The van der Waals surface area contributed by atoms with Crippen molar-refractivity contribution < 1.29 is 0 Å². The van der Waals surface area contributed by atoms with Gasteiger partial charge in [-0.3, -0.25) is 4.98 Å². The molecule has 0 aliphatic rings. The zero-order chi connectivity index (χ0) is 13.2. The number of hydrogen-bond donors (Lipinski definition) is 1. The van der Waals surface area contributed by atoms with Gasteiger partial charge in [0, 0.05) is 17.5 Å². The second-order valence-electron chi connectivity index (χ2n) is 4.65. The number of benzene rings is 1. The van der Waals surface area contributed by atoms with Gasteiger partial charge in [-0.15, -0.1) is 0 Å². The molecule has 0 unspecified atom stereocenters. The second-order valence-corrected chi connectivity index (χ2v) is 4.65. The summed E-state index contributed by atoms with van der Waals surface area (Å²) in [5.74, 6) is 0.863. The monoisotopic (exact) mass is 249 g/mol. The molecule has 0 aliphatic heterocycles. The summed E-state index contributed by atoms with van der Waals surface area (Å²) in [4.78, 5) is 12.1. The Morgan fingerprint density at radius 1 is 1.00 bits per heavy atom. The molecule has 0 saturated carbocycles. The van der Waals surface area contributed by atoms with E-state index in [0.717, 1.165) is 28.3 Å². The van der Waals surface area contributed by atoms with Crippen molar-refractivity contribution in [2.45, 2.75) is 13.8 Å². The fourth-order valence-corrected chi connectivity index (χ4v) is 2.15. The highest BCUT2D eigenvalue weighted by atomic mass is 14.9. The predicted octanol–water partition coefficient (Wildman–Crippen LogP) is 3.76. The van der Waals surface area contributed by atoms with Gasteiger partial charge >= 0.3 is 0 Å². The molecule has 0 spiro atoms. The van der Waals surface area contributed by atoms with E-state index < -0.39 is 0 Å². The second kappa shape index (κ2) is 4.69. The molecule has 2 aromatic heterocycles. The highest BCUT2D eigenvalue weighted by Gasteiger charge is 2.07. The average molecular weight is 249 g/mol. The first-order valence-corrected chi connectivity index (χ1v) is 6.28. The summed E-state index contributed by atoms with van der Waals surface area (Å²) < 4.78 is 0. The molecule has 0 amide bonds. The molecule has 0 radical (unpaired) electrons. The SMILES string of the molecule is Cc1cccc(-c2cnc(-c3cccnc3C)[nH]2)c1. The van der Waals surface area contributed by atoms with E-state index >= 15 is 0 Å². The normalized spacial score (nSPS) is 10.6. The largest absolute Gasteiger partial charge is 0.338 e. The summed E-state index contributed by atoms with van der Waals surface area (Å²) in [5, 5.41) is 0. The Kier molecular flexibility index (Phi) is 2.88. The molecule has 0 fully saturated rings. The smallest absolute Gasteiger partial charge is 0.139 e. The van der Waals surface area contributed by atoms with Crippen LogP contribution in [0, 0.1) is 13.8 Å². The zero-order valence-corrected chi connectivity index (χ0v) is 11.0. The summed E-state index contributed by atoms with van der Waals surface area (Å²) in [7, 11) is 0. The summed E-state index contributed by atoms with van der Waals surface area (Å²) in [6, 6.07) is 12.3. The van der Waals surface area contributed by atoms with Crippen LogP contribution in [0.2, 0.25) is 0 Å². The number of aromatic nitrogens is 3. The van der Waals surface area contributed by atoms with E-state index in [-0.39, 0.29) is 0 Å². The van der Waals surface area contributed by atoms with Gasteiger partial charge in [-0.1, -0.05) is 23.8 Å². The molecule has 0 atom stereocenters. The lowest BCUT2D eigenvalue weighted by Crippen LogP contribution is -1.88. The lowest BCUT2D eigenvalue weighted by atomic mass is 10.1. The molecule has 19 heavy (non-hydrogen) atoms. The molecule has 0 saturated heterocycles. The zero-order valence-electron chi connectivity index (χ0n) is 11.0. The lowest BCUT2D eigenvalue weighted by molar-refractivity contribution is 1.17. The first kappa shape index (κ1) is 11.7. The van der Waals surface area contributed by atoms with Gasteiger partial charge < -0.3 is 4.98 Å². The molecule has 2 heterocycles. The third-order valence-corrected chi connectivity index (χ3v) is 3.17. The van der Waals surface area contributed by atoms with Crippen molar-refractivity contribution in [1.82, 2.24) is 15.0 Å². The molecular formula is C16H15N3. The van der Waals surface area contributed by atoms with Crippen molar-refractivity contribution in [3.63, 3.8) is 0 Å². The quantitative estimate of drug-likeness (QED) is 0.751. The van der Waals surface area contributed by atoms with Crippen molar-refractivity contribution in [2.24, 2.45) is 0 Å². The van der Waals surface area contributed by atoms with Crippen LogP contribution < -0.4 is 0 Å². The van der Waals surface area contributed by atoms with Crippen molar-refractivity contribution in [3.05, 3.63) is 60.0 Å². The number of rotatable bonds is 2. The first-order valence-electron chi connectivity index (χ1n) is 6.28. The van der Waals surface area contributed by atoms with Gasteiger partial charge in [0.1, 0.15) is 5.82 Å². The predicted molar refractivity (Wildman–Crippen MR) is 76.7 cm³/mol. The standard InChI is InChI=1S/C16H15N3/c1-11-5-3-6-13(9-11)15-10-18-16(19-15)14-7-4-8-17-12(14)2/h3-10H,1-2H3,(H,18,19). The van der Waals surface area contributed by atoms with Gasteiger partial charge in [-0.2, -0.15) is 0 Å². The van der Waals surface area contributed by atoms with Crippen molar-refractivity contribution in [2.75, 3.05) is 0 Å². The van der Waals surface area contributed by atoms with Gasteiger partial charge in [0.05, 0.1) is 11.9 Å². The summed E-state index contributed by atoms with van der Waals surface area (Å²) in [6.07, 6.45) is 3.67. The third kappa shape index (κ3) is 2.27. The van der Waals surface area contributed by atoms with Gasteiger partial charge in [0.25, 0.3) is 0 Å². The van der Waals surface area contributed by atoms with Crippen LogP contribution in [-0.4, -0.2) is 15.0 Å². The highest BCUT2D eigenvalue weighted by molar-refractivity contribution is 5.65. The Morgan fingerprint density at radius 3 is 2.68 bits per heavy atom. The molecule has 3 rings (SSSR count). The van der Waals surface area contributed by atoms with Gasteiger partial charge in [0.15, 0.2) is 0 Å². The number of aromatic amines is 1. The number of pyridine rings is 1. The van der Waals surface area contributed by atoms with E-state index in [9.17, 15) is 0 Å². The average Bonchev–Trinajstić information content (AvgIpc) is 2.89. The topological polar surface area (TPSA) is 41.6 Å². The molecule has 1 aromatic carbocycles. The van der Waals surface area contributed by atoms with Gasteiger partial charge in [-0.05, 0) is 37.6 Å². The van der Waals surface area contributed by atoms with Gasteiger partial charge in [-0.25, -0.2) is 4.98 Å². The van der Waals surface area contributed by atoms with E-state index in [4.69, 9.17) is 0 Å². The lowest BCUT2D eigenvalue weighted by Gasteiger charge is -2.01. The van der Waals surface area contributed by atoms with E-state index in [2.05, 4.69) is 46.1 Å². The fraction of sp³-hybridized carbons (Fsp3) is 0.125. The van der Waals surface area contributed by atoms with E-state index in [1.165, 1.54) is 5.56 Å². The first-order chi connectivity index (χ1) is 9.24. The van der Waals surface area contributed by atoms with Crippen molar-refractivity contribution >= 4 is 0 Å². The van der Waals surface area contributed by atoms with Gasteiger partial charge in [0.2, 0.25) is 0 Å².